The fraction of sp³-hybridized carbons (Fsp3) is 0.167. The first-order chi connectivity index (χ1) is 15.1. The number of carbonyl (C=O) groups is 2. The van der Waals surface area contributed by atoms with Crippen molar-refractivity contribution >= 4 is 23.2 Å². The lowest BCUT2D eigenvalue weighted by Gasteiger charge is -2.28. The van der Waals surface area contributed by atoms with Gasteiger partial charge in [-0.25, -0.2) is 9.96 Å². The van der Waals surface area contributed by atoms with Gasteiger partial charge in [0.25, 0.3) is 5.91 Å². The maximum absolute atomic E-state index is 13.5. The molecule has 0 saturated carbocycles. The van der Waals surface area contributed by atoms with Crippen molar-refractivity contribution in [1.82, 2.24) is 0 Å². The second kappa shape index (κ2) is 7.45. The molecular weight excluding hydrogens is 396 g/mol. The fourth-order valence-electron chi connectivity index (χ4n) is 4.23. The maximum atomic E-state index is 13.5. The predicted octanol–water partition coefficient (Wildman–Crippen LogP) is 3.45. The van der Waals surface area contributed by atoms with Crippen molar-refractivity contribution in [2.45, 2.75) is 12.1 Å². The number of aromatic hydroxyl groups is 1. The molecule has 3 aromatic rings. The van der Waals surface area contributed by atoms with Crippen molar-refractivity contribution in [2.75, 3.05) is 17.1 Å². The van der Waals surface area contributed by atoms with Crippen LogP contribution >= 0.6 is 0 Å². The zero-order valence-corrected chi connectivity index (χ0v) is 16.7. The molecule has 2 heterocycles. The molecule has 2 amide bonds. The number of methoxy groups -OCH3 is 1. The molecule has 31 heavy (non-hydrogen) atoms. The van der Waals surface area contributed by atoms with Gasteiger partial charge in [-0.2, -0.15) is 0 Å². The minimum absolute atomic E-state index is 0.123. The smallest absolute Gasteiger partial charge is 0.266 e. The molecule has 5 rings (SSSR count). The lowest BCUT2D eigenvalue weighted by molar-refractivity contribution is -0.126. The first-order valence-corrected chi connectivity index (χ1v) is 9.90. The van der Waals surface area contributed by atoms with E-state index in [9.17, 15) is 14.7 Å². The van der Waals surface area contributed by atoms with Crippen LogP contribution in [-0.4, -0.2) is 30.1 Å². The van der Waals surface area contributed by atoms with Crippen molar-refractivity contribution in [3.05, 3.63) is 84.4 Å². The third kappa shape index (κ3) is 3.10. The standard InChI is InChI=1S/C24H20N2O5/c1-30-19-9-5-8-17(14-19)25-23(28)20-21(15-10-12-18(27)13-11-15)26(31-22(20)24(25)29)16-6-3-2-4-7-16/h2-14,20-22,27H,1H3/t20-,21-,22+/m1/s1. The van der Waals surface area contributed by atoms with Crippen LogP contribution in [0.25, 0.3) is 0 Å². The third-order valence-corrected chi connectivity index (χ3v) is 5.67. The zero-order chi connectivity index (χ0) is 21.5. The molecule has 3 atom stereocenters. The normalized spacial score (nSPS) is 22.7. The summed E-state index contributed by atoms with van der Waals surface area (Å²) in [5.74, 6) is -0.803. The van der Waals surface area contributed by atoms with Gasteiger partial charge in [-0.05, 0) is 42.0 Å². The molecule has 2 aliphatic heterocycles. The molecule has 0 aliphatic carbocycles. The number of imide groups is 1. The Morgan fingerprint density at radius 1 is 0.871 bits per heavy atom. The summed E-state index contributed by atoms with van der Waals surface area (Å²) in [6, 6.07) is 22.3. The van der Waals surface area contributed by atoms with Gasteiger partial charge in [0.05, 0.1) is 24.5 Å². The molecule has 2 fully saturated rings. The highest BCUT2D eigenvalue weighted by atomic mass is 16.7. The summed E-state index contributed by atoms with van der Waals surface area (Å²) in [6.07, 6.45) is -0.947. The Labute approximate surface area is 179 Å². The van der Waals surface area contributed by atoms with E-state index < -0.39 is 24.0 Å². The number of hydrogen-bond donors (Lipinski definition) is 1. The molecule has 0 bridgehead atoms. The van der Waals surface area contributed by atoms with E-state index >= 15 is 0 Å². The van der Waals surface area contributed by atoms with Gasteiger partial charge in [-0.15, -0.1) is 0 Å². The van der Waals surface area contributed by atoms with Gasteiger partial charge in [0.2, 0.25) is 5.91 Å². The number of nitrogens with zero attached hydrogens (tertiary/aromatic N) is 2. The Morgan fingerprint density at radius 2 is 1.58 bits per heavy atom. The number of ether oxygens (including phenoxy) is 1. The van der Waals surface area contributed by atoms with E-state index in [0.717, 1.165) is 11.3 Å². The Balaban J connectivity index is 1.57. The van der Waals surface area contributed by atoms with Crippen LogP contribution in [0.15, 0.2) is 78.9 Å². The SMILES string of the molecule is COc1cccc(N2C(=O)[C@H]3[C@H](ON(c4ccccc4)[C@@H]3c3ccc(O)cc3)C2=O)c1. The van der Waals surface area contributed by atoms with Crippen molar-refractivity contribution < 1.29 is 24.3 Å². The molecule has 0 radical (unpaired) electrons. The highest BCUT2D eigenvalue weighted by Gasteiger charge is 2.60. The number of carbonyl (C=O) groups excluding carboxylic acids is 2. The summed E-state index contributed by atoms with van der Waals surface area (Å²) in [7, 11) is 1.53. The molecule has 2 aliphatic rings. The molecule has 2 saturated heterocycles. The molecule has 0 aromatic heterocycles. The Morgan fingerprint density at radius 3 is 2.29 bits per heavy atom. The molecule has 1 N–H and O–H groups in total. The van der Waals surface area contributed by atoms with Crippen LogP contribution in [0, 0.1) is 5.92 Å². The van der Waals surface area contributed by atoms with E-state index in [0.29, 0.717) is 11.4 Å². The summed E-state index contributed by atoms with van der Waals surface area (Å²) in [5, 5.41) is 11.3. The number of hydrogen-bond acceptors (Lipinski definition) is 6. The topological polar surface area (TPSA) is 79.3 Å². The third-order valence-electron chi connectivity index (χ3n) is 5.67. The number of benzene rings is 3. The van der Waals surface area contributed by atoms with E-state index in [-0.39, 0.29) is 11.7 Å². The fourth-order valence-corrected chi connectivity index (χ4v) is 4.23. The van der Waals surface area contributed by atoms with E-state index in [4.69, 9.17) is 9.57 Å². The highest BCUT2D eigenvalue weighted by Crippen LogP contribution is 2.47. The first-order valence-electron chi connectivity index (χ1n) is 9.90. The summed E-state index contributed by atoms with van der Waals surface area (Å²) in [4.78, 5) is 34.1. The number of para-hydroxylation sites is 1. The number of amides is 2. The Bertz CT molecular complexity index is 1130. The Hall–Kier alpha value is -3.84. The summed E-state index contributed by atoms with van der Waals surface area (Å²) in [6.45, 7) is 0. The Kier molecular flexibility index (Phi) is 4.60. The van der Waals surface area contributed by atoms with Crippen molar-refractivity contribution in [2.24, 2.45) is 5.92 Å². The van der Waals surface area contributed by atoms with Gasteiger partial charge in [0.15, 0.2) is 6.10 Å². The van der Waals surface area contributed by atoms with Crippen LogP contribution in [0.2, 0.25) is 0 Å². The quantitative estimate of drug-likeness (QED) is 0.657. The molecule has 156 valence electrons. The minimum atomic E-state index is -0.947. The monoisotopic (exact) mass is 416 g/mol. The number of phenolic OH excluding ortho intramolecular Hbond substituents is 1. The predicted molar refractivity (Wildman–Crippen MR) is 114 cm³/mol. The molecule has 3 aromatic carbocycles. The van der Waals surface area contributed by atoms with Gasteiger partial charge in [0.1, 0.15) is 17.4 Å². The average molecular weight is 416 g/mol. The first kappa shape index (κ1) is 19.1. The summed E-state index contributed by atoms with van der Waals surface area (Å²) in [5.41, 5.74) is 1.95. The van der Waals surface area contributed by atoms with Crippen molar-refractivity contribution in [1.29, 1.82) is 0 Å². The van der Waals surface area contributed by atoms with Crippen molar-refractivity contribution in [3.63, 3.8) is 0 Å². The molecule has 7 heteroatoms. The second-order valence-electron chi connectivity index (χ2n) is 7.46. The summed E-state index contributed by atoms with van der Waals surface area (Å²) >= 11 is 0. The highest BCUT2D eigenvalue weighted by molar-refractivity contribution is 6.24. The van der Waals surface area contributed by atoms with Gasteiger partial charge in [-0.3, -0.25) is 14.4 Å². The molecular formula is C24H20N2O5. The van der Waals surface area contributed by atoms with Crippen LogP contribution in [0.3, 0.4) is 0 Å². The number of rotatable bonds is 4. The maximum Gasteiger partial charge on any atom is 0.266 e. The zero-order valence-electron chi connectivity index (χ0n) is 16.7. The van der Waals surface area contributed by atoms with Crippen LogP contribution in [0.4, 0.5) is 11.4 Å². The van der Waals surface area contributed by atoms with Crippen LogP contribution in [-0.2, 0) is 14.4 Å². The molecule has 7 nitrogen and oxygen atoms in total. The van der Waals surface area contributed by atoms with Crippen LogP contribution in [0.5, 0.6) is 11.5 Å². The molecule has 0 unspecified atom stereocenters. The number of hydroxylamine groups is 1. The lowest BCUT2D eigenvalue weighted by Crippen LogP contribution is -2.37. The summed E-state index contributed by atoms with van der Waals surface area (Å²) < 4.78 is 5.24. The van der Waals surface area contributed by atoms with E-state index in [1.165, 1.54) is 12.0 Å². The van der Waals surface area contributed by atoms with E-state index in [1.807, 2.05) is 30.3 Å². The van der Waals surface area contributed by atoms with Crippen LogP contribution in [0.1, 0.15) is 11.6 Å². The largest absolute Gasteiger partial charge is 0.508 e. The number of phenols is 1. The van der Waals surface area contributed by atoms with Gasteiger partial charge in [-0.1, -0.05) is 36.4 Å². The second-order valence-corrected chi connectivity index (χ2v) is 7.46. The molecule has 0 spiro atoms. The van der Waals surface area contributed by atoms with Gasteiger partial charge in [0, 0.05) is 6.07 Å². The number of anilines is 2. The number of fused-ring (bicyclic) bond motifs is 1. The van der Waals surface area contributed by atoms with E-state index in [1.54, 1.807) is 53.6 Å². The lowest BCUT2D eigenvalue weighted by atomic mass is 9.90. The van der Waals surface area contributed by atoms with Gasteiger partial charge < -0.3 is 9.84 Å². The minimum Gasteiger partial charge on any atom is -0.508 e. The van der Waals surface area contributed by atoms with Crippen molar-refractivity contribution in [3.8, 4) is 11.5 Å². The average Bonchev–Trinajstić information content (AvgIpc) is 3.31. The van der Waals surface area contributed by atoms with Crippen LogP contribution < -0.4 is 14.7 Å². The van der Waals surface area contributed by atoms with E-state index in [2.05, 4.69) is 0 Å². The van der Waals surface area contributed by atoms with Gasteiger partial charge >= 0.3 is 0 Å².